The summed E-state index contributed by atoms with van der Waals surface area (Å²) >= 11 is 1.59. The topological polar surface area (TPSA) is 83.6 Å². The van der Waals surface area contributed by atoms with E-state index in [4.69, 9.17) is 4.74 Å². The molecule has 0 spiro atoms. The average Bonchev–Trinajstić information content (AvgIpc) is 3.20. The van der Waals surface area contributed by atoms with Crippen molar-refractivity contribution in [1.29, 1.82) is 0 Å². The van der Waals surface area contributed by atoms with Crippen LogP contribution in [-0.4, -0.2) is 48.4 Å². The molecule has 0 aliphatic rings. The Kier molecular flexibility index (Phi) is 7.75. The van der Waals surface area contributed by atoms with Gasteiger partial charge in [0.15, 0.2) is 0 Å². The van der Waals surface area contributed by atoms with Gasteiger partial charge in [-0.1, -0.05) is 31.2 Å². The largest absolute Gasteiger partial charge is 0.495 e. The van der Waals surface area contributed by atoms with E-state index in [1.165, 1.54) is 0 Å². The molecule has 2 aromatic carbocycles. The van der Waals surface area contributed by atoms with Gasteiger partial charge < -0.3 is 15.4 Å². The summed E-state index contributed by atoms with van der Waals surface area (Å²) in [5.74, 6) is 0.199. The molecule has 0 bridgehead atoms. The SMILES string of the molecule is CCN(CC(=O)Nc1cccc(-c2csc(C)n2)c1)CC(=O)Nc1ccccc1OC. The highest BCUT2D eigenvalue weighted by Gasteiger charge is 2.15. The lowest BCUT2D eigenvalue weighted by Gasteiger charge is -2.20. The minimum Gasteiger partial charge on any atom is -0.495 e. The zero-order chi connectivity index (χ0) is 22.2. The van der Waals surface area contributed by atoms with E-state index >= 15 is 0 Å². The van der Waals surface area contributed by atoms with Gasteiger partial charge in [-0.25, -0.2) is 4.98 Å². The molecule has 162 valence electrons. The number of benzene rings is 2. The Balaban J connectivity index is 1.57. The third-order valence-electron chi connectivity index (χ3n) is 4.62. The van der Waals surface area contributed by atoms with Gasteiger partial charge in [0, 0.05) is 16.6 Å². The number of aryl methyl sites for hydroxylation is 1. The number of rotatable bonds is 9. The van der Waals surface area contributed by atoms with Crippen molar-refractivity contribution >= 4 is 34.5 Å². The Labute approximate surface area is 186 Å². The van der Waals surface area contributed by atoms with Crippen LogP contribution in [0.25, 0.3) is 11.3 Å². The van der Waals surface area contributed by atoms with Crippen molar-refractivity contribution in [1.82, 2.24) is 9.88 Å². The maximum absolute atomic E-state index is 12.6. The summed E-state index contributed by atoms with van der Waals surface area (Å²) in [6.07, 6.45) is 0. The van der Waals surface area contributed by atoms with E-state index < -0.39 is 0 Å². The average molecular weight is 439 g/mol. The lowest BCUT2D eigenvalue weighted by Crippen LogP contribution is -2.38. The van der Waals surface area contributed by atoms with Crippen molar-refractivity contribution in [3.8, 4) is 17.0 Å². The number of aromatic nitrogens is 1. The molecular formula is C23H26N4O3S. The number of hydrogen-bond acceptors (Lipinski definition) is 6. The van der Waals surface area contributed by atoms with Crippen LogP contribution < -0.4 is 15.4 Å². The van der Waals surface area contributed by atoms with Crippen molar-refractivity contribution in [2.45, 2.75) is 13.8 Å². The van der Waals surface area contributed by atoms with Crippen LogP contribution in [-0.2, 0) is 9.59 Å². The van der Waals surface area contributed by atoms with Gasteiger partial charge in [-0.15, -0.1) is 11.3 Å². The van der Waals surface area contributed by atoms with Crippen LogP contribution in [0.5, 0.6) is 5.75 Å². The molecule has 0 saturated heterocycles. The smallest absolute Gasteiger partial charge is 0.238 e. The predicted octanol–water partition coefficient (Wildman–Crippen LogP) is 4.03. The number of nitrogens with zero attached hydrogens (tertiary/aromatic N) is 2. The maximum atomic E-state index is 12.6. The number of nitrogens with one attached hydrogen (secondary N) is 2. The van der Waals surface area contributed by atoms with E-state index in [-0.39, 0.29) is 24.9 Å². The standard InChI is InChI=1S/C23H26N4O3S/c1-4-27(14-23(29)26-19-10-5-6-11-21(19)30-3)13-22(28)25-18-9-7-8-17(12-18)20-15-31-16(2)24-20/h5-12,15H,4,13-14H2,1-3H3,(H,25,28)(H,26,29). The van der Waals surface area contributed by atoms with Gasteiger partial charge in [0.2, 0.25) is 11.8 Å². The van der Waals surface area contributed by atoms with Crippen molar-refractivity contribution in [2.24, 2.45) is 0 Å². The molecule has 0 saturated carbocycles. The van der Waals surface area contributed by atoms with Crippen LogP contribution in [0, 0.1) is 6.92 Å². The number of anilines is 2. The van der Waals surface area contributed by atoms with Gasteiger partial charge in [0.25, 0.3) is 0 Å². The Morgan fingerprint density at radius 2 is 1.81 bits per heavy atom. The van der Waals surface area contributed by atoms with E-state index in [1.54, 1.807) is 35.5 Å². The summed E-state index contributed by atoms with van der Waals surface area (Å²) in [6, 6.07) is 14.8. The van der Waals surface area contributed by atoms with E-state index in [0.29, 0.717) is 23.7 Å². The van der Waals surface area contributed by atoms with Crippen molar-refractivity contribution in [3.05, 3.63) is 58.9 Å². The van der Waals surface area contributed by atoms with Gasteiger partial charge in [-0.3, -0.25) is 14.5 Å². The van der Waals surface area contributed by atoms with Gasteiger partial charge in [0.1, 0.15) is 5.75 Å². The monoisotopic (exact) mass is 438 g/mol. The van der Waals surface area contributed by atoms with Crippen LogP contribution >= 0.6 is 11.3 Å². The van der Waals surface area contributed by atoms with Gasteiger partial charge in [-0.2, -0.15) is 0 Å². The van der Waals surface area contributed by atoms with Crippen molar-refractivity contribution in [2.75, 3.05) is 37.4 Å². The molecule has 0 fully saturated rings. The zero-order valence-corrected chi connectivity index (χ0v) is 18.7. The first kappa shape index (κ1) is 22.5. The second-order valence-electron chi connectivity index (χ2n) is 6.93. The molecule has 3 aromatic rings. The predicted molar refractivity (Wildman–Crippen MR) is 125 cm³/mol. The normalized spacial score (nSPS) is 10.7. The third kappa shape index (κ3) is 6.37. The van der Waals surface area contributed by atoms with E-state index in [2.05, 4.69) is 15.6 Å². The number of carbonyl (C=O) groups is 2. The number of likely N-dealkylation sites (N-methyl/N-ethyl adjacent to an activating group) is 1. The van der Waals surface area contributed by atoms with Crippen LogP contribution in [0.1, 0.15) is 11.9 Å². The molecule has 0 aliphatic heterocycles. The summed E-state index contributed by atoms with van der Waals surface area (Å²) in [4.78, 5) is 31.3. The number of amides is 2. The molecule has 31 heavy (non-hydrogen) atoms. The quantitative estimate of drug-likeness (QED) is 0.527. The molecule has 2 amide bonds. The maximum Gasteiger partial charge on any atom is 0.238 e. The second-order valence-corrected chi connectivity index (χ2v) is 7.99. The molecule has 0 aliphatic carbocycles. The lowest BCUT2D eigenvalue weighted by atomic mass is 10.1. The number of methoxy groups -OCH3 is 1. The Bertz CT molecular complexity index is 1050. The first-order chi connectivity index (χ1) is 15.0. The molecule has 0 atom stereocenters. The molecule has 0 radical (unpaired) electrons. The van der Waals surface area contributed by atoms with Gasteiger partial charge in [-0.05, 0) is 37.7 Å². The fourth-order valence-corrected chi connectivity index (χ4v) is 3.70. The van der Waals surface area contributed by atoms with Crippen LogP contribution in [0.4, 0.5) is 11.4 Å². The summed E-state index contributed by atoms with van der Waals surface area (Å²) in [6.45, 7) is 4.64. The highest BCUT2D eigenvalue weighted by atomic mass is 32.1. The summed E-state index contributed by atoms with van der Waals surface area (Å²) in [7, 11) is 1.55. The lowest BCUT2D eigenvalue weighted by molar-refractivity contribution is -0.119. The Morgan fingerprint density at radius 3 is 2.48 bits per heavy atom. The van der Waals surface area contributed by atoms with E-state index in [1.807, 2.05) is 55.6 Å². The first-order valence-corrected chi connectivity index (χ1v) is 10.8. The van der Waals surface area contributed by atoms with Gasteiger partial charge >= 0.3 is 0 Å². The van der Waals surface area contributed by atoms with Crippen LogP contribution in [0.15, 0.2) is 53.9 Å². The molecule has 1 aromatic heterocycles. The molecule has 0 unspecified atom stereocenters. The number of para-hydroxylation sites is 2. The Morgan fingerprint density at radius 1 is 1.06 bits per heavy atom. The van der Waals surface area contributed by atoms with Crippen molar-refractivity contribution < 1.29 is 14.3 Å². The van der Waals surface area contributed by atoms with Gasteiger partial charge in [0.05, 0.1) is 36.6 Å². The third-order valence-corrected chi connectivity index (χ3v) is 5.40. The second kappa shape index (κ2) is 10.7. The number of ether oxygens (including phenoxy) is 1. The fraction of sp³-hybridized carbons (Fsp3) is 0.261. The van der Waals surface area contributed by atoms with Crippen molar-refractivity contribution in [3.63, 3.8) is 0 Å². The highest BCUT2D eigenvalue weighted by Crippen LogP contribution is 2.24. The summed E-state index contributed by atoms with van der Waals surface area (Å²) in [5, 5.41) is 8.73. The van der Waals surface area contributed by atoms with E-state index in [9.17, 15) is 9.59 Å². The fourth-order valence-electron chi connectivity index (χ4n) is 3.08. The van der Waals surface area contributed by atoms with E-state index in [0.717, 1.165) is 16.3 Å². The molecule has 8 heteroatoms. The number of hydrogen-bond donors (Lipinski definition) is 2. The molecule has 2 N–H and O–H groups in total. The van der Waals surface area contributed by atoms with Crippen LogP contribution in [0.3, 0.4) is 0 Å². The first-order valence-electron chi connectivity index (χ1n) is 9.96. The number of carbonyl (C=O) groups excluding carboxylic acids is 2. The molecule has 1 heterocycles. The number of thiazole rings is 1. The highest BCUT2D eigenvalue weighted by molar-refractivity contribution is 7.09. The zero-order valence-electron chi connectivity index (χ0n) is 17.8. The summed E-state index contributed by atoms with van der Waals surface area (Å²) < 4.78 is 5.26. The minimum absolute atomic E-state index is 0.0973. The molecular weight excluding hydrogens is 412 g/mol. The van der Waals surface area contributed by atoms with Crippen LogP contribution in [0.2, 0.25) is 0 Å². The Hall–Kier alpha value is -3.23. The molecule has 3 rings (SSSR count). The molecule has 7 nitrogen and oxygen atoms in total. The minimum atomic E-state index is -0.208. The summed E-state index contributed by atoms with van der Waals surface area (Å²) in [5.41, 5.74) is 3.14.